The van der Waals surface area contributed by atoms with Gasteiger partial charge in [-0.3, -0.25) is 5.01 Å². The van der Waals surface area contributed by atoms with Gasteiger partial charge in [-0.15, -0.1) is 25.7 Å². The Bertz CT molecular complexity index is 673. The molecule has 9 nitrogen and oxygen atoms in total. The molecule has 2 atom stereocenters. The van der Waals surface area contributed by atoms with Crippen LogP contribution in [0.15, 0.2) is 5.16 Å². The minimum atomic E-state index is -1.50. The molecule has 7 N–H and O–H groups in total. The average Bonchev–Trinajstić information content (AvgIpc) is 3.23. The first-order chi connectivity index (χ1) is 15.1. The van der Waals surface area contributed by atoms with E-state index >= 15 is 0 Å². The number of aromatic nitrogens is 2. The lowest BCUT2D eigenvalue weighted by Gasteiger charge is -2.26. The van der Waals surface area contributed by atoms with Gasteiger partial charge in [-0.05, 0) is 39.5 Å². The summed E-state index contributed by atoms with van der Waals surface area (Å²) >= 11 is 7.65. The van der Waals surface area contributed by atoms with Gasteiger partial charge in [-0.2, -0.15) is 0 Å². The van der Waals surface area contributed by atoms with E-state index in [9.17, 15) is 0 Å². The first-order valence-corrected chi connectivity index (χ1v) is 11.3. The van der Waals surface area contributed by atoms with Crippen LogP contribution in [0.1, 0.15) is 46.5 Å². The first kappa shape index (κ1) is 32.4. The molecule has 1 aliphatic carbocycles. The topological polar surface area (TPSA) is 151 Å². The predicted molar refractivity (Wildman–Crippen MR) is 132 cm³/mol. The number of ether oxygens (including phenoxy) is 1. The van der Waals surface area contributed by atoms with E-state index in [1.807, 2.05) is 0 Å². The van der Waals surface area contributed by atoms with E-state index in [1.54, 1.807) is 5.01 Å². The molecule has 1 aromatic rings. The highest BCUT2D eigenvalue weighted by Gasteiger charge is 2.31. The number of rotatable bonds is 8. The van der Waals surface area contributed by atoms with Crippen LogP contribution in [0.5, 0.6) is 0 Å². The number of hydrogen-bond acceptors (Lipinski definition) is 10. The summed E-state index contributed by atoms with van der Waals surface area (Å²) in [4.78, 5) is 8.66. The highest BCUT2D eigenvalue weighted by Crippen LogP contribution is 2.33. The zero-order valence-electron chi connectivity index (χ0n) is 18.9. The Morgan fingerprint density at radius 3 is 2.28 bits per heavy atom. The van der Waals surface area contributed by atoms with E-state index in [0.29, 0.717) is 23.3 Å². The maximum atomic E-state index is 8.84. The summed E-state index contributed by atoms with van der Waals surface area (Å²) in [6, 6.07) is 0.0796. The van der Waals surface area contributed by atoms with Crippen LogP contribution in [-0.4, -0.2) is 62.2 Å². The van der Waals surface area contributed by atoms with Crippen molar-refractivity contribution in [1.82, 2.24) is 9.97 Å². The number of thioether (sulfide) groups is 1. The summed E-state index contributed by atoms with van der Waals surface area (Å²) in [6.45, 7) is 5.06. The standard InChI is InChI=1S/C14H24ClN5O2S.C3H8O2.2C2H2/c1-2-7-23-14-18-12(15)11(16)13(19-14)20(17)9-3-4-10(8-9)22-6-5-21;1-3(2,4)5;2*1-2/h9-10,21H,2-8,16-17H2,1H3;4-5H,1-2H3;2*1-2H/t9-,10+;;;/m0.../s1. The zero-order chi connectivity index (χ0) is 25.3. The van der Waals surface area contributed by atoms with E-state index in [0.717, 1.165) is 31.4 Å². The van der Waals surface area contributed by atoms with Crippen molar-refractivity contribution < 1.29 is 20.1 Å². The van der Waals surface area contributed by atoms with Gasteiger partial charge in [0.1, 0.15) is 5.69 Å². The lowest BCUT2D eigenvalue weighted by atomic mass is 10.2. The molecule has 0 saturated heterocycles. The second-order valence-corrected chi connectivity index (χ2v) is 8.39. The Kier molecular flexibility index (Phi) is 18.0. The molecule has 11 heteroatoms. The fourth-order valence-electron chi connectivity index (χ4n) is 2.58. The lowest BCUT2D eigenvalue weighted by molar-refractivity contribution is -0.127. The molecule has 0 radical (unpaired) electrons. The number of nitrogens with zero attached hydrogens (tertiary/aromatic N) is 3. The van der Waals surface area contributed by atoms with Crippen LogP contribution < -0.4 is 16.6 Å². The van der Waals surface area contributed by atoms with Crippen molar-refractivity contribution in [2.45, 2.75) is 69.5 Å². The first-order valence-electron chi connectivity index (χ1n) is 9.90. The Morgan fingerprint density at radius 2 is 1.78 bits per heavy atom. The maximum absolute atomic E-state index is 8.84. The number of nitrogens with two attached hydrogens (primary N) is 2. The van der Waals surface area contributed by atoms with Gasteiger partial charge in [-0.25, -0.2) is 15.8 Å². The molecule has 1 aromatic heterocycles. The molecule has 0 spiro atoms. The van der Waals surface area contributed by atoms with E-state index in [2.05, 4.69) is 42.6 Å². The van der Waals surface area contributed by atoms with Gasteiger partial charge in [0.25, 0.3) is 0 Å². The van der Waals surface area contributed by atoms with Gasteiger partial charge in [0, 0.05) is 11.8 Å². The molecule has 0 unspecified atom stereocenters. The molecular weight excluding hydrogens is 454 g/mol. The van der Waals surface area contributed by atoms with Gasteiger partial charge < -0.3 is 25.8 Å². The molecule has 1 fully saturated rings. The molecule has 2 rings (SSSR count). The lowest BCUT2D eigenvalue weighted by Crippen LogP contribution is -2.41. The van der Waals surface area contributed by atoms with Crippen molar-refractivity contribution in [2.75, 3.05) is 29.7 Å². The van der Waals surface area contributed by atoms with Crippen LogP contribution in [-0.2, 0) is 4.74 Å². The third kappa shape index (κ3) is 13.6. The van der Waals surface area contributed by atoms with Gasteiger partial charge in [-0.1, -0.05) is 30.3 Å². The van der Waals surface area contributed by atoms with Crippen LogP contribution >= 0.6 is 23.4 Å². The van der Waals surface area contributed by atoms with E-state index in [-0.39, 0.29) is 23.9 Å². The molecule has 32 heavy (non-hydrogen) atoms. The minimum Gasteiger partial charge on any atom is -0.394 e. The van der Waals surface area contributed by atoms with Crippen molar-refractivity contribution in [2.24, 2.45) is 5.84 Å². The predicted octanol–water partition coefficient (Wildman–Crippen LogP) is 2.03. The average molecular weight is 490 g/mol. The van der Waals surface area contributed by atoms with Gasteiger partial charge in [0.2, 0.25) is 0 Å². The molecule has 0 aromatic carbocycles. The summed E-state index contributed by atoms with van der Waals surface area (Å²) in [6.07, 6.45) is 19.7. The zero-order valence-corrected chi connectivity index (χ0v) is 20.5. The smallest absolute Gasteiger partial charge is 0.191 e. The maximum Gasteiger partial charge on any atom is 0.191 e. The number of anilines is 2. The third-order valence-electron chi connectivity index (χ3n) is 3.73. The Labute approximate surface area is 200 Å². The van der Waals surface area contributed by atoms with Crippen LogP contribution in [0.3, 0.4) is 0 Å². The fraction of sp³-hybridized carbons (Fsp3) is 0.619. The van der Waals surface area contributed by atoms with Gasteiger partial charge in [0.05, 0.1) is 19.3 Å². The second kappa shape index (κ2) is 17.8. The number of nitrogen functional groups attached to an aromatic ring is 1. The SMILES string of the molecule is C#C.C#C.CC(C)(O)O.CCCSc1nc(Cl)c(N)c(N(N)[C@H]2CC[C@@H](OCCO)C2)n1. The molecule has 0 bridgehead atoms. The fourth-order valence-corrected chi connectivity index (χ4v) is 3.49. The summed E-state index contributed by atoms with van der Waals surface area (Å²) < 4.78 is 5.57. The van der Waals surface area contributed by atoms with E-state index < -0.39 is 5.79 Å². The quantitative estimate of drug-likeness (QED) is 0.0697. The normalized spacial score (nSPS) is 17.0. The van der Waals surface area contributed by atoms with Gasteiger partial charge >= 0.3 is 0 Å². The number of hydrazine groups is 1. The monoisotopic (exact) mass is 489 g/mol. The molecule has 1 aliphatic rings. The summed E-state index contributed by atoms with van der Waals surface area (Å²) in [7, 11) is 0. The van der Waals surface area contributed by atoms with Crippen LogP contribution in [0, 0.1) is 25.7 Å². The third-order valence-corrected chi connectivity index (χ3v) is 5.07. The Hall–Kier alpha value is -1.76. The van der Waals surface area contributed by atoms with Crippen LogP contribution in [0.25, 0.3) is 0 Å². The van der Waals surface area contributed by atoms with Crippen LogP contribution in [0.4, 0.5) is 11.5 Å². The van der Waals surface area contributed by atoms with Crippen molar-refractivity contribution >= 4 is 34.9 Å². The van der Waals surface area contributed by atoms with Crippen molar-refractivity contribution in [3.63, 3.8) is 0 Å². The summed E-state index contributed by atoms with van der Waals surface area (Å²) in [5.41, 5.74) is 6.31. The molecule has 1 heterocycles. The van der Waals surface area contributed by atoms with Gasteiger partial charge in [0.15, 0.2) is 21.9 Å². The molecule has 0 amide bonds. The second-order valence-electron chi connectivity index (χ2n) is 6.97. The Balaban J connectivity index is 0. The number of hydrogen-bond donors (Lipinski definition) is 5. The number of halogens is 1. The molecular formula is C21H36ClN5O4S. The largest absolute Gasteiger partial charge is 0.394 e. The van der Waals surface area contributed by atoms with Crippen molar-refractivity contribution in [3.05, 3.63) is 5.15 Å². The summed E-state index contributed by atoms with van der Waals surface area (Å²) in [5.74, 6) is 6.13. The Morgan fingerprint density at radius 1 is 1.22 bits per heavy atom. The molecule has 1 saturated carbocycles. The minimum absolute atomic E-state index is 0.0278. The van der Waals surface area contributed by atoms with E-state index in [4.69, 9.17) is 43.2 Å². The highest BCUT2D eigenvalue weighted by molar-refractivity contribution is 7.99. The number of terminal acetylenes is 2. The highest BCUT2D eigenvalue weighted by atomic mass is 35.5. The number of aliphatic hydroxyl groups is 3. The van der Waals surface area contributed by atoms with Crippen molar-refractivity contribution in [3.8, 4) is 25.7 Å². The van der Waals surface area contributed by atoms with E-state index in [1.165, 1.54) is 25.6 Å². The number of aliphatic hydroxyl groups excluding tert-OH is 1. The van der Waals surface area contributed by atoms with Crippen molar-refractivity contribution in [1.29, 1.82) is 0 Å². The van der Waals surface area contributed by atoms with Crippen LogP contribution in [0.2, 0.25) is 5.15 Å². The summed E-state index contributed by atoms with van der Waals surface area (Å²) in [5, 5.41) is 27.4. The molecule has 182 valence electrons. The molecule has 0 aliphatic heterocycles.